The number of carbonyl (C=O) groups is 1. The highest BCUT2D eigenvalue weighted by molar-refractivity contribution is 5.93. The van der Waals surface area contributed by atoms with Gasteiger partial charge in [-0.1, -0.05) is 12.8 Å². The number of anilines is 1. The zero-order chi connectivity index (χ0) is 15.9. The van der Waals surface area contributed by atoms with Crippen LogP contribution in [-0.4, -0.2) is 61.0 Å². The van der Waals surface area contributed by atoms with E-state index in [1.165, 1.54) is 25.7 Å². The molecule has 0 spiro atoms. The van der Waals surface area contributed by atoms with Crippen LogP contribution < -0.4 is 5.32 Å². The zero-order valence-corrected chi connectivity index (χ0v) is 14.0. The molecule has 122 valence electrons. The minimum absolute atomic E-state index is 0.0164. The average molecular weight is 304 g/mol. The maximum Gasteiger partial charge on any atom is 0.254 e. The predicted octanol–water partition coefficient (Wildman–Crippen LogP) is 2.46. The van der Waals surface area contributed by atoms with Gasteiger partial charge in [-0.3, -0.25) is 4.79 Å². The Morgan fingerprint density at radius 3 is 2.59 bits per heavy atom. The molecule has 1 amide bonds. The van der Waals surface area contributed by atoms with E-state index in [1.54, 1.807) is 25.2 Å². The lowest BCUT2D eigenvalue weighted by Crippen LogP contribution is -2.31. The van der Waals surface area contributed by atoms with Gasteiger partial charge in [-0.2, -0.15) is 0 Å². The first-order valence-electron chi connectivity index (χ1n) is 8.20. The molecule has 0 atom stereocenters. The third-order valence-electron chi connectivity index (χ3n) is 4.36. The van der Waals surface area contributed by atoms with Crippen molar-refractivity contribution in [2.45, 2.75) is 38.1 Å². The lowest BCUT2D eigenvalue weighted by atomic mass is 10.2. The summed E-state index contributed by atoms with van der Waals surface area (Å²) in [7, 11) is 5.72. The topological polar surface area (TPSA) is 48.5 Å². The smallest absolute Gasteiger partial charge is 0.254 e. The van der Waals surface area contributed by atoms with Gasteiger partial charge in [-0.15, -0.1) is 0 Å². The highest BCUT2D eigenvalue weighted by atomic mass is 16.2. The molecule has 1 fully saturated rings. The number of hydrogen-bond donors (Lipinski definition) is 1. The molecule has 1 heterocycles. The predicted molar refractivity (Wildman–Crippen MR) is 90.2 cm³/mol. The molecule has 2 rings (SSSR count). The Morgan fingerprint density at radius 2 is 2.00 bits per heavy atom. The summed E-state index contributed by atoms with van der Waals surface area (Å²) in [5.41, 5.74) is 0.622. The van der Waals surface area contributed by atoms with Crippen LogP contribution >= 0.6 is 0 Å². The SMILES string of the molecule is CN(C)C(=O)c1ccc(NCCCN(C)C2CCCC2)nc1. The van der Waals surface area contributed by atoms with E-state index in [2.05, 4.69) is 22.2 Å². The highest BCUT2D eigenvalue weighted by Gasteiger charge is 2.18. The lowest BCUT2D eigenvalue weighted by molar-refractivity contribution is 0.0827. The number of rotatable bonds is 7. The number of amides is 1. The van der Waals surface area contributed by atoms with E-state index >= 15 is 0 Å². The van der Waals surface area contributed by atoms with E-state index in [1.807, 2.05) is 12.1 Å². The van der Waals surface area contributed by atoms with Crippen molar-refractivity contribution < 1.29 is 4.79 Å². The van der Waals surface area contributed by atoms with Crippen LogP contribution in [0.2, 0.25) is 0 Å². The molecule has 0 radical (unpaired) electrons. The molecule has 0 bridgehead atoms. The van der Waals surface area contributed by atoms with E-state index in [0.29, 0.717) is 5.56 Å². The number of carbonyl (C=O) groups excluding carboxylic acids is 1. The standard InChI is InChI=1S/C17H28N4O/c1-20(2)17(22)14-9-10-16(19-13-14)18-11-6-12-21(3)15-7-4-5-8-15/h9-10,13,15H,4-8,11-12H2,1-3H3,(H,18,19). The molecule has 1 N–H and O–H groups in total. The first-order valence-corrected chi connectivity index (χ1v) is 8.20. The van der Waals surface area contributed by atoms with Gasteiger partial charge in [0.2, 0.25) is 0 Å². The van der Waals surface area contributed by atoms with Crippen LogP contribution in [0, 0.1) is 0 Å². The normalized spacial score (nSPS) is 15.3. The Balaban J connectivity index is 1.69. The number of aromatic nitrogens is 1. The van der Waals surface area contributed by atoms with E-state index in [9.17, 15) is 4.79 Å². The molecule has 0 unspecified atom stereocenters. The Kier molecular flexibility index (Phi) is 6.19. The van der Waals surface area contributed by atoms with Gasteiger partial charge in [-0.05, 0) is 45.0 Å². The minimum atomic E-state index is -0.0164. The maximum absolute atomic E-state index is 11.8. The van der Waals surface area contributed by atoms with Crippen LogP contribution in [0.15, 0.2) is 18.3 Å². The summed E-state index contributed by atoms with van der Waals surface area (Å²) in [6, 6.07) is 4.48. The molecule has 0 aliphatic heterocycles. The van der Waals surface area contributed by atoms with Gasteiger partial charge in [0.05, 0.1) is 5.56 Å². The van der Waals surface area contributed by atoms with Gasteiger partial charge in [0.15, 0.2) is 0 Å². The molecule has 0 saturated heterocycles. The molecule has 0 aromatic carbocycles. The maximum atomic E-state index is 11.8. The monoisotopic (exact) mass is 304 g/mol. The van der Waals surface area contributed by atoms with Gasteiger partial charge in [0.1, 0.15) is 5.82 Å². The molecule has 5 nitrogen and oxygen atoms in total. The average Bonchev–Trinajstić information content (AvgIpc) is 3.05. The van der Waals surface area contributed by atoms with Crippen molar-refractivity contribution in [2.24, 2.45) is 0 Å². The first kappa shape index (κ1) is 16.7. The quantitative estimate of drug-likeness (QED) is 0.786. The van der Waals surface area contributed by atoms with Crippen LogP contribution in [-0.2, 0) is 0 Å². The van der Waals surface area contributed by atoms with Gasteiger partial charge in [0, 0.05) is 32.9 Å². The molecule has 1 aliphatic carbocycles. The Morgan fingerprint density at radius 1 is 1.27 bits per heavy atom. The number of pyridine rings is 1. The van der Waals surface area contributed by atoms with E-state index in [0.717, 1.165) is 31.4 Å². The second kappa shape index (κ2) is 8.13. The Labute approximate surface area is 133 Å². The summed E-state index contributed by atoms with van der Waals surface area (Å²) in [5, 5.41) is 3.32. The zero-order valence-electron chi connectivity index (χ0n) is 14.0. The van der Waals surface area contributed by atoms with Crippen molar-refractivity contribution in [2.75, 3.05) is 39.5 Å². The number of hydrogen-bond acceptors (Lipinski definition) is 4. The van der Waals surface area contributed by atoms with Crippen molar-refractivity contribution in [3.8, 4) is 0 Å². The van der Waals surface area contributed by atoms with Crippen molar-refractivity contribution >= 4 is 11.7 Å². The molecule has 1 aromatic heterocycles. The van der Waals surface area contributed by atoms with Crippen LogP contribution in [0.1, 0.15) is 42.5 Å². The minimum Gasteiger partial charge on any atom is -0.370 e. The molecular formula is C17H28N4O. The number of nitrogens with one attached hydrogen (secondary N) is 1. The second-order valence-electron chi connectivity index (χ2n) is 6.33. The summed E-state index contributed by atoms with van der Waals surface area (Å²) in [4.78, 5) is 20.1. The highest BCUT2D eigenvalue weighted by Crippen LogP contribution is 2.22. The van der Waals surface area contributed by atoms with Gasteiger partial charge >= 0.3 is 0 Å². The van der Waals surface area contributed by atoms with Gasteiger partial charge in [-0.25, -0.2) is 4.98 Å². The van der Waals surface area contributed by atoms with E-state index in [-0.39, 0.29) is 5.91 Å². The molecular weight excluding hydrogens is 276 g/mol. The van der Waals surface area contributed by atoms with E-state index in [4.69, 9.17) is 0 Å². The molecule has 1 saturated carbocycles. The largest absolute Gasteiger partial charge is 0.370 e. The van der Waals surface area contributed by atoms with Crippen LogP contribution in [0.25, 0.3) is 0 Å². The fourth-order valence-electron chi connectivity index (χ4n) is 2.96. The molecule has 1 aromatic rings. The fourth-order valence-corrected chi connectivity index (χ4v) is 2.96. The van der Waals surface area contributed by atoms with Gasteiger partial charge in [0.25, 0.3) is 5.91 Å². The van der Waals surface area contributed by atoms with Crippen LogP contribution in [0.3, 0.4) is 0 Å². The van der Waals surface area contributed by atoms with E-state index < -0.39 is 0 Å². The summed E-state index contributed by atoms with van der Waals surface area (Å²) < 4.78 is 0. The van der Waals surface area contributed by atoms with Crippen LogP contribution in [0.5, 0.6) is 0 Å². The van der Waals surface area contributed by atoms with Crippen molar-refractivity contribution in [3.63, 3.8) is 0 Å². The Hall–Kier alpha value is -1.62. The van der Waals surface area contributed by atoms with Crippen LogP contribution in [0.4, 0.5) is 5.82 Å². The summed E-state index contributed by atoms with van der Waals surface area (Å²) in [5.74, 6) is 0.816. The molecule has 22 heavy (non-hydrogen) atoms. The summed E-state index contributed by atoms with van der Waals surface area (Å²) in [6.07, 6.45) is 8.21. The van der Waals surface area contributed by atoms with Crippen molar-refractivity contribution in [3.05, 3.63) is 23.9 Å². The van der Waals surface area contributed by atoms with Gasteiger partial charge < -0.3 is 15.1 Å². The summed E-state index contributed by atoms with van der Waals surface area (Å²) in [6.45, 7) is 2.03. The van der Waals surface area contributed by atoms with Crippen molar-refractivity contribution in [1.82, 2.24) is 14.8 Å². The lowest BCUT2D eigenvalue weighted by Gasteiger charge is -2.23. The molecule has 5 heteroatoms. The fraction of sp³-hybridized carbons (Fsp3) is 0.647. The second-order valence-corrected chi connectivity index (χ2v) is 6.33. The third kappa shape index (κ3) is 4.70. The third-order valence-corrected chi connectivity index (χ3v) is 4.36. The van der Waals surface area contributed by atoms with Crippen molar-refractivity contribution in [1.29, 1.82) is 0 Å². The summed E-state index contributed by atoms with van der Waals surface area (Å²) >= 11 is 0. The Bertz CT molecular complexity index is 466. The molecule has 1 aliphatic rings. The number of nitrogens with zero attached hydrogens (tertiary/aromatic N) is 3. The first-order chi connectivity index (χ1) is 10.6.